The second-order valence-corrected chi connectivity index (χ2v) is 5.43. The monoisotopic (exact) mass is 319 g/mol. The van der Waals surface area contributed by atoms with Crippen molar-refractivity contribution in [3.63, 3.8) is 0 Å². The lowest BCUT2D eigenvalue weighted by Crippen LogP contribution is -2.11. The fourth-order valence-electron chi connectivity index (χ4n) is 1.32. The first kappa shape index (κ1) is 17.0. The van der Waals surface area contributed by atoms with E-state index in [1.54, 1.807) is 18.2 Å². The van der Waals surface area contributed by atoms with Crippen LogP contribution in [0.4, 0.5) is 13.2 Å². The van der Waals surface area contributed by atoms with Crippen LogP contribution >= 0.6 is 0 Å². The summed E-state index contributed by atoms with van der Waals surface area (Å²) in [6, 6.07) is 12.3. The number of para-hydroxylation sites is 1. The molecule has 0 aromatic heterocycles. The summed E-state index contributed by atoms with van der Waals surface area (Å²) in [5.74, 6) is -0.736. The first-order chi connectivity index (χ1) is 9.62. The van der Waals surface area contributed by atoms with Crippen molar-refractivity contribution in [1.82, 2.24) is 0 Å². The predicted octanol–water partition coefficient (Wildman–Crippen LogP) is 2.75. The number of halogens is 3. The highest BCUT2D eigenvalue weighted by atomic mass is 32.2. The van der Waals surface area contributed by atoms with E-state index in [1.807, 2.05) is 0 Å². The van der Waals surface area contributed by atoms with Gasteiger partial charge in [-0.25, -0.2) is 13.6 Å². The quantitative estimate of drug-likeness (QED) is 0.848. The molecule has 0 bridgehead atoms. The number of hydrogen-bond acceptors (Lipinski definition) is 3. The Bertz CT molecular complexity index is 685. The highest BCUT2D eigenvalue weighted by Gasteiger charge is 2.33. The third-order valence-electron chi connectivity index (χ3n) is 2.28. The molecule has 3 N–H and O–H groups in total. The summed E-state index contributed by atoms with van der Waals surface area (Å²) < 4.78 is 56.9. The topological polar surface area (TPSA) is 80.4 Å². The molecule has 0 aliphatic carbocycles. The number of phenolic OH excluding ortho intramolecular Hbond substituents is 1. The Morgan fingerprint density at radius 1 is 0.905 bits per heavy atom. The summed E-state index contributed by atoms with van der Waals surface area (Å²) in [5, 5.41) is 13.6. The lowest BCUT2D eigenvalue weighted by molar-refractivity contribution is -0.138. The molecular weight excluding hydrogens is 307 g/mol. The maximum absolute atomic E-state index is 11.9. The summed E-state index contributed by atoms with van der Waals surface area (Å²) in [5.41, 5.74) is -1.000. The largest absolute Gasteiger partial charge is 0.507 e. The Kier molecular flexibility index (Phi) is 5.34. The number of sulfonamides is 1. The van der Waals surface area contributed by atoms with Crippen LogP contribution in [0.1, 0.15) is 5.56 Å². The van der Waals surface area contributed by atoms with Gasteiger partial charge >= 0.3 is 6.18 Å². The van der Waals surface area contributed by atoms with Crippen LogP contribution in [-0.4, -0.2) is 13.5 Å². The van der Waals surface area contributed by atoms with E-state index in [1.165, 1.54) is 24.3 Å². The molecule has 0 fully saturated rings. The van der Waals surface area contributed by atoms with Crippen molar-refractivity contribution in [3.8, 4) is 5.75 Å². The SMILES string of the molecule is NS(=O)(=O)c1ccccc1.Oc1ccccc1C(F)(F)F. The first-order valence-corrected chi connectivity index (χ1v) is 7.10. The van der Waals surface area contributed by atoms with Crippen LogP contribution in [0, 0.1) is 0 Å². The summed E-state index contributed by atoms with van der Waals surface area (Å²) in [7, 11) is -3.50. The smallest absolute Gasteiger partial charge is 0.419 e. The van der Waals surface area contributed by atoms with Gasteiger partial charge in [-0.1, -0.05) is 30.3 Å². The second-order valence-electron chi connectivity index (χ2n) is 3.87. The molecule has 0 saturated carbocycles. The number of rotatable bonds is 1. The summed E-state index contributed by atoms with van der Waals surface area (Å²) in [6.45, 7) is 0. The standard InChI is InChI=1S/C7H5F3O.C6H7NO2S/c8-7(9,10)5-3-1-2-4-6(5)11;7-10(8,9)6-4-2-1-3-5-6/h1-4,11H;1-5H,(H2,7,8,9). The second kappa shape index (κ2) is 6.59. The Balaban J connectivity index is 0.000000211. The number of alkyl halides is 3. The predicted molar refractivity (Wildman–Crippen MR) is 70.9 cm³/mol. The third-order valence-corrected chi connectivity index (χ3v) is 3.21. The molecule has 0 spiro atoms. The summed E-state index contributed by atoms with van der Waals surface area (Å²) >= 11 is 0. The maximum atomic E-state index is 11.9. The van der Waals surface area contributed by atoms with Gasteiger partial charge in [0.05, 0.1) is 10.5 Å². The minimum absolute atomic E-state index is 0.148. The van der Waals surface area contributed by atoms with Crippen LogP contribution in [-0.2, 0) is 16.2 Å². The molecule has 2 aromatic carbocycles. The van der Waals surface area contributed by atoms with E-state index in [2.05, 4.69) is 0 Å². The van der Waals surface area contributed by atoms with Gasteiger partial charge in [-0.3, -0.25) is 0 Å². The van der Waals surface area contributed by atoms with Crippen LogP contribution < -0.4 is 5.14 Å². The Morgan fingerprint density at radius 3 is 1.71 bits per heavy atom. The fourth-order valence-corrected chi connectivity index (χ4v) is 1.86. The molecule has 21 heavy (non-hydrogen) atoms. The van der Waals surface area contributed by atoms with Crippen LogP contribution in [0.25, 0.3) is 0 Å². The normalized spacial score (nSPS) is 11.4. The zero-order valence-electron chi connectivity index (χ0n) is 10.6. The molecule has 4 nitrogen and oxygen atoms in total. The van der Waals surface area contributed by atoms with Gasteiger partial charge in [-0.05, 0) is 24.3 Å². The number of aromatic hydroxyl groups is 1. The number of phenols is 1. The Hall–Kier alpha value is -2.06. The molecular formula is C13H12F3NO3S. The number of hydrogen-bond donors (Lipinski definition) is 2. The van der Waals surface area contributed by atoms with Crippen LogP contribution in [0.3, 0.4) is 0 Å². The lowest BCUT2D eigenvalue weighted by atomic mass is 10.2. The van der Waals surface area contributed by atoms with Crippen molar-refractivity contribution in [2.75, 3.05) is 0 Å². The minimum Gasteiger partial charge on any atom is -0.507 e. The number of primary sulfonamides is 1. The molecule has 0 aliphatic heterocycles. The minimum atomic E-state index is -4.47. The molecule has 0 saturated heterocycles. The van der Waals surface area contributed by atoms with E-state index < -0.39 is 27.5 Å². The van der Waals surface area contributed by atoms with E-state index in [4.69, 9.17) is 10.2 Å². The van der Waals surface area contributed by atoms with E-state index in [0.717, 1.165) is 12.1 Å². The van der Waals surface area contributed by atoms with Crippen molar-refractivity contribution in [1.29, 1.82) is 0 Å². The van der Waals surface area contributed by atoms with Gasteiger partial charge in [0, 0.05) is 0 Å². The number of nitrogens with two attached hydrogens (primary N) is 1. The number of benzene rings is 2. The lowest BCUT2D eigenvalue weighted by Gasteiger charge is -2.06. The molecule has 2 aromatic rings. The van der Waals surface area contributed by atoms with Gasteiger partial charge in [0.15, 0.2) is 0 Å². The Morgan fingerprint density at radius 2 is 1.38 bits per heavy atom. The van der Waals surface area contributed by atoms with E-state index in [9.17, 15) is 21.6 Å². The van der Waals surface area contributed by atoms with Crippen LogP contribution in [0.5, 0.6) is 5.75 Å². The highest BCUT2D eigenvalue weighted by molar-refractivity contribution is 7.89. The highest BCUT2D eigenvalue weighted by Crippen LogP contribution is 2.34. The van der Waals surface area contributed by atoms with E-state index >= 15 is 0 Å². The summed E-state index contributed by atoms with van der Waals surface area (Å²) in [4.78, 5) is 0.148. The Labute approximate surface area is 119 Å². The zero-order valence-corrected chi connectivity index (χ0v) is 11.4. The van der Waals surface area contributed by atoms with Gasteiger partial charge in [-0.15, -0.1) is 0 Å². The van der Waals surface area contributed by atoms with Crippen molar-refractivity contribution in [3.05, 3.63) is 60.2 Å². The van der Waals surface area contributed by atoms with Gasteiger partial charge in [0.25, 0.3) is 0 Å². The van der Waals surface area contributed by atoms with Crippen molar-refractivity contribution < 1.29 is 26.7 Å². The molecule has 2 rings (SSSR count). The van der Waals surface area contributed by atoms with Crippen LogP contribution in [0.15, 0.2) is 59.5 Å². The van der Waals surface area contributed by atoms with E-state index in [-0.39, 0.29) is 4.90 Å². The molecule has 0 unspecified atom stereocenters. The van der Waals surface area contributed by atoms with Crippen molar-refractivity contribution in [2.45, 2.75) is 11.1 Å². The molecule has 0 radical (unpaired) electrons. The van der Waals surface area contributed by atoms with Crippen LogP contribution in [0.2, 0.25) is 0 Å². The van der Waals surface area contributed by atoms with Gasteiger partial charge < -0.3 is 5.11 Å². The van der Waals surface area contributed by atoms with Crippen molar-refractivity contribution >= 4 is 10.0 Å². The fraction of sp³-hybridized carbons (Fsp3) is 0.0769. The molecule has 0 amide bonds. The molecule has 8 heteroatoms. The van der Waals surface area contributed by atoms with Crippen molar-refractivity contribution in [2.24, 2.45) is 5.14 Å². The molecule has 0 atom stereocenters. The average Bonchev–Trinajstić information content (AvgIpc) is 2.39. The molecule has 114 valence electrons. The zero-order chi connectivity index (χ0) is 16.1. The average molecular weight is 319 g/mol. The van der Waals surface area contributed by atoms with E-state index in [0.29, 0.717) is 0 Å². The van der Waals surface area contributed by atoms with Gasteiger partial charge in [0.1, 0.15) is 5.75 Å². The molecule has 0 heterocycles. The third kappa shape index (κ3) is 5.44. The summed E-state index contributed by atoms with van der Waals surface area (Å²) in [6.07, 6.45) is -4.47. The van der Waals surface area contributed by atoms with Gasteiger partial charge in [0.2, 0.25) is 10.0 Å². The molecule has 0 aliphatic rings. The van der Waals surface area contributed by atoms with Gasteiger partial charge in [-0.2, -0.15) is 13.2 Å². The first-order valence-electron chi connectivity index (χ1n) is 5.55. The maximum Gasteiger partial charge on any atom is 0.419 e.